The van der Waals surface area contributed by atoms with Crippen molar-refractivity contribution in [1.29, 1.82) is 0 Å². The van der Waals surface area contributed by atoms with Crippen LogP contribution in [0.5, 0.6) is 0 Å². The minimum atomic E-state index is -0.00550. The van der Waals surface area contributed by atoms with E-state index in [9.17, 15) is 0 Å². The fraction of sp³-hybridized carbons (Fsp3) is 0.714. The Labute approximate surface area is 176 Å². The number of halogens is 1. The van der Waals surface area contributed by atoms with Gasteiger partial charge in [0, 0.05) is 0 Å². The quantitative estimate of drug-likeness (QED) is 0.354. The first-order valence-electron chi connectivity index (χ1n) is 10.6. The van der Waals surface area contributed by atoms with Gasteiger partial charge in [-0.3, -0.25) is 0 Å². The van der Waals surface area contributed by atoms with Crippen molar-refractivity contribution in [2.45, 2.75) is 55.3 Å². The van der Waals surface area contributed by atoms with Crippen LogP contribution in [0.3, 0.4) is 0 Å². The molecule has 5 rings (SSSR count). The zero-order valence-electron chi connectivity index (χ0n) is 16.0. The van der Waals surface area contributed by atoms with Gasteiger partial charge in [-0.15, -0.1) is 0 Å². The number of fused-ring (bicyclic) bond motifs is 3. The predicted octanol–water partition coefficient (Wildman–Crippen LogP) is 0.720. The van der Waals surface area contributed by atoms with Crippen LogP contribution in [-0.4, -0.2) is 51.6 Å². The van der Waals surface area contributed by atoms with Crippen molar-refractivity contribution in [2.75, 3.05) is 32.8 Å². The molecule has 2 aliphatic carbocycles. The third-order valence-corrected chi connectivity index (χ3v) is 11.1. The first-order chi connectivity index (χ1) is 13.4. The normalized spacial score (nSPS) is 27.1. The van der Waals surface area contributed by atoms with Crippen molar-refractivity contribution < 1.29 is 25.9 Å². The van der Waals surface area contributed by atoms with E-state index in [1.54, 1.807) is 10.4 Å². The number of thiophene rings is 1. The topological polar surface area (TPSA) is 38.2 Å². The number of nitrogens with zero attached hydrogens (tertiary/aromatic N) is 3. The molecule has 2 aromatic rings. The molecule has 0 radical (unpaired) electrons. The molecule has 0 atom stereocenters. The molecule has 2 aromatic heterocycles. The molecule has 6 heteroatoms. The van der Waals surface area contributed by atoms with Gasteiger partial charge in [0.15, 0.2) is 0 Å². The summed E-state index contributed by atoms with van der Waals surface area (Å²) >= 11 is 1.94. The van der Waals surface area contributed by atoms with Gasteiger partial charge in [0.2, 0.25) is 0 Å². The molecule has 0 bridgehead atoms. The summed E-state index contributed by atoms with van der Waals surface area (Å²) in [5, 5.41) is 1.49. The molecular formula is C21H29IN3OS-. The van der Waals surface area contributed by atoms with Crippen molar-refractivity contribution >= 4 is 21.6 Å². The Morgan fingerprint density at radius 1 is 1.07 bits per heavy atom. The Hall–Kier alpha value is -0.310. The first kappa shape index (κ1) is 18.7. The van der Waals surface area contributed by atoms with Crippen molar-refractivity contribution in [2.24, 2.45) is 5.92 Å². The molecule has 0 spiro atoms. The fourth-order valence-electron chi connectivity index (χ4n) is 4.84. The number of alkyl halides is 1. The van der Waals surface area contributed by atoms with Gasteiger partial charge < -0.3 is 0 Å². The van der Waals surface area contributed by atoms with Crippen LogP contribution >= 0.6 is 11.3 Å². The van der Waals surface area contributed by atoms with E-state index in [0.29, 0.717) is 0 Å². The number of morpholine rings is 1. The molecule has 0 aromatic carbocycles. The number of hydrogen-bond acceptors (Lipinski definition) is 5. The predicted molar refractivity (Wildman–Crippen MR) is 106 cm³/mol. The Bertz CT molecular complexity index is 781. The number of hydrogen-bond donors (Lipinski definition) is 0. The van der Waals surface area contributed by atoms with Gasteiger partial charge in [-0.25, -0.2) is 0 Å². The second-order valence-electron chi connectivity index (χ2n) is 8.20. The Balaban J connectivity index is 1.23. The monoisotopic (exact) mass is 498 g/mol. The zero-order valence-corrected chi connectivity index (χ0v) is 18.9. The Kier molecular flexibility index (Phi) is 5.95. The summed E-state index contributed by atoms with van der Waals surface area (Å²) in [7, 11) is 0. The van der Waals surface area contributed by atoms with Gasteiger partial charge in [0.05, 0.1) is 0 Å². The molecule has 2 fully saturated rings. The summed E-state index contributed by atoms with van der Waals surface area (Å²) in [6.45, 7) is 5.42. The van der Waals surface area contributed by atoms with E-state index in [2.05, 4.69) is 9.88 Å². The van der Waals surface area contributed by atoms with E-state index in [-0.39, 0.29) is 21.2 Å². The fourth-order valence-corrected chi connectivity index (χ4v) is 9.61. The molecular weight excluding hydrogens is 469 g/mol. The third-order valence-electron chi connectivity index (χ3n) is 6.36. The zero-order chi connectivity index (χ0) is 18.1. The van der Waals surface area contributed by atoms with Crippen molar-refractivity contribution in [3.05, 3.63) is 20.5 Å². The van der Waals surface area contributed by atoms with E-state index in [1.807, 2.05) is 17.7 Å². The molecule has 0 amide bonds. The summed E-state index contributed by atoms with van der Waals surface area (Å²) in [4.78, 5) is 14.9. The number of ether oxygens (including phenoxy) is 1. The van der Waals surface area contributed by atoms with Crippen LogP contribution in [0.15, 0.2) is 6.33 Å². The summed E-state index contributed by atoms with van der Waals surface area (Å²) in [6, 6.07) is 0. The molecule has 0 unspecified atom stereocenters. The molecule has 148 valence electrons. The molecule has 1 aliphatic heterocycles. The van der Waals surface area contributed by atoms with E-state index in [1.165, 1.54) is 71.8 Å². The molecule has 1 saturated heterocycles. The summed E-state index contributed by atoms with van der Waals surface area (Å²) < 4.78 is 7.86. The second kappa shape index (κ2) is 8.59. The van der Waals surface area contributed by atoms with Gasteiger partial charge >= 0.3 is 177 Å². The number of rotatable bonds is 4. The van der Waals surface area contributed by atoms with Crippen molar-refractivity contribution in [1.82, 2.24) is 14.9 Å². The van der Waals surface area contributed by atoms with Gasteiger partial charge in [0.25, 0.3) is 0 Å². The third kappa shape index (κ3) is 4.19. The molecule has 3 aliphatic rings. The summed E-state index contributed by atoms with van der Waals surface area (Å²) in [5.41, 5.74) is 1.62. The van der Waals surface area contributed by atoms with Crippen LogP contribution in [0.4, 0.5) is 0 Å². The van der Waals surface area contributed by atoms with E-state index in [0.717, 1.165) is 36.1 Å². The van der Waals surface area contributed by atoms with Crippen LogP contribution in [0, 0.1) is 9.62 Å². The van der Waals surface area contributed by atoms with Crippen molar-refractivity contribution in [3.63, 3.8) is 0 Å². The molecule has 4 nitrogen and oxygen atoms in total. The van der Waals surface area contributed by atoms with Crippen LogP contribution in [-0.2, 0) is 17.6 Å². The van der Waals surface area contributed by atoms with Crippen LogP contribution in [0.2, 0.25) is 0 Å². The van der Waals surface area contributed by atoms with Crippen molar-refractivity contribution in [3.8, 4) is 0 Å². The average Bonchev–Trinajstić information content (AvgIpc) is 3.10. The molecule has 0 N–H and O–H groups in total. The van der Waals surface area contributed by atoms with Gasteiger partial charge in [-0.05, 0) is 0 Å². The Morgan fingerprint density at radius 3 is 2.74 bits per heavy atom. The van der Waals surface area contributed by atoms with Crippen LogP contribution in [0.1, 0.15) is 49.0 Å². The van der Waals surface area contributed by atoms with Gasteiger partial charge in [-0.2, -0.15) is 0 Å². The first-order valence-corrected chi connectivity index (χ1v) is 13.7. The van der Waals surface area contributed by atoms with E-state index >= 15 is 0 Å². The maximum absolute atomic E-state index is 5.49. The van der Waals surface area contributed by atoms with Crippen LogP contribution < -0.4 is 21.2 Å². The summed E-state index contributed by atoms with van der Waals surface area (Å²) in [6.07, 6.45) is 12.7. The standard InChI is InChI=1S/C21H29IN3OS/c1-2-4-18-17(3-1)19-20(23-14-24-21(19)27-18)22-16-7-5-15(6-8-16)13-25-9-11-26-12-10-25/h14-16H,1-13H2/q-1. The Morgan fingerprint density at radius 2 is 1.89 bits per heavy atom. The average molecular weight is 498 g/mol. The second-order valence-corrected chi connectivity index (χ2v) is 12.7. The van der Waals surface area contributed by atoms with Gasteiger partial charge in [0.1, 0.15) is 0 Å². The van der Waals surface area contributed by atoms with Crippen LogP contribution in [0.25, 0.3) is 10.2 Å². The van der Waals surface area contributed by atoms with E-state index in [4.69, 9.17) is 9.72 Å². The molecule has 3 heterocycles. The molecule has 27 heavy (non-hydrogen) atoms. The number of aromatic nitrogens is 2. The maximum atomic E-state index is 5.49. The van der Waals surface area contributed by atoms with Gasteiger partial charge in [-0.1, -0.05) is 0 Å². The minimum absolute atomic E-state index is 0.00550. The molecule has 1 saturated carbocycles. The van der Waals surface area contributed by atoms with E-state index < -0.39 is 0 Å². The number of aryl methyl sites for hydroxylation is 2. The summed E-state index contributed by atoms with van der Waals surface area (Å²) in [5.74, 6) is 0.905. The SMILES string of the molecule is c1nc([I-]C2CCC(CN3CCOCC3)CC2)c2c3c(sc2n1)CCCC3.